The molecule has 0 spiro atoms. The van der Waals surface area contributed by atoms with Gasteiger partial charge in [-0.25, -0.2) is 8.42 Å². The van der Waals surface area contributed by atoms with E-state index in [4.69, 9.17) is 0 Å². The lowest BCUT2D eigenvalue weighted by Crippen LogP contribution is -2.38. The van der Waals surface area contributed by atoms with Gasteiger partial charge in [0.2, 0.25) is 10.0 Å². The molecular formula is C14H18ClN3O4S. The summed E-state index contributed by atoms with van der Waals surface area (Å²) in [7, 11) is -0.766. The highest BCUT2D eigenvalue weighted by atomic mass is 35.5. The third-order valence-electron chi connectivity index (χ3n) is 4.29. The maximum Gasteiger partial charge on any atom is 0.261 e. The van der Waals surface area contributed by atoms with Gasteiger partial charge in [0.15, 0.2) is 0 Å². The number of fused-ring (bicyclic) bond motifs is 1. The predicted molar refractivity (Wildman–Crippen MR) is 86.3 cm³/mol. The molecule has 7 nitrogen and oxygen atoms in total. The zero-order valence-corrected chi connectivity index (χ0v) is 14.4. The van der Waals surface area contributed by atoms with Crippen LogP contribution in [0.25, 0.3) is 0 Å². The SMILES string of the molecule is CN1C(=O)c2ccc(S(=O)(=O)N(C)C3CCNC3)cc2C1=O.Cl. The molecule has 2 amide bonds. The minimum absolute atomic E-state index is 0. The lowest BCUT2D eigenvalue weighted by atomic mass is 10.1. The number of carbonyl (C=O) groups is 2. The van der Waals surface area contributed by atoms with E-state index in [-0.39, 0.29) is 34.5 Å². The number of sulfonamides is 1. The normalized spacial score (nSPS) is 20.8. The highest BCUT2D eigenvalue weighted by molar-refractivity contribution is 7.89. The summed E-state index contributed by atoms with van der Waals surface area (Å²) >= 11 is 0. The Morgan fingerprint density at radius 2 is 1.87 bits per heavy atom. The minimum Gasteiger partial charge on any atom is -0.315 e. The van der Waals surface area contributed by atoms with Gasteiger partial charge in [0.1, 0.15) is 0 Å². The zero-order chi connectivity index (χ0) is 16.1. The molecule has 9 heteroatoms. The molecule has 1 unspecified atom stereocenters. The summed E-state index contributed by atoms with van der Waals surface area (Å²) < 4.78 is 26.7. The van der Waals surface area contributed by atoms with E-state index >= 15 is 0 Å². The average Bonchev–Trinajstić information content (AvgIpc) is 3.11. The fourth-order valence-corrected chi connectivity index (χ4v) is 4.22. The number of nitrogens with zero attached hydrogens (tertiary/aromatic N) is 2. The van der Waals surface area contributed by atoms with E-state index in [1.807, 2.05) is 0 Å². The molecule has 1 aromatic carbocycles. The van der Waals surface area contributed by atoms with Gasteiger partial charge in [-0.3, -0.25) is 14.5 Å². The smallest absolute Gasteiger partial charge is 0.261 e. The Hall–Kier alpha value is -1.48. The lowest BCUT2D eigenvalue weighted by molar-refractivity contribution is 0.0693. The number of amides is 2. The molecule has 2 heterocycles. The molecule has 0 bridgehead atoms. The summed E-state index contributed by atoms with van der Waals surface area (Å²) in [6, 6.07) is 4.00. The van der Waals surface area contributed by atoms with Crippen molar-refractivity contribution in [3.63, 3.8) is 0 Å². The molecule has 1 saturated heterocycles. The van der Waals surface area contributed by atoms with Crippen LogP contribution in [0.5, 0.6) is 0 Å². The quantitative estimate of drug-likeness (QED) is 0.785. The van der Waals surface area contributed by atoms with E-state index < -0.39 is 21.8 Å². The number of hydrogen-bond donors (Lipinski definition) is 1. The summed E-state index contributed by atoms with van der Waals surface area (Å²) in [4.78, 5) is 24.9. The van der Waals surface area contributed by atoms with Crippen LogP contribution >= 0.6 is 12.4 Å². The van der Waals surface area contributed by atoms with Gasteiger partial charge in [-0.1, -0.05) is 0 Å². The molecule has 0 aliphatic carbocycles. The molecule has 0 aromatic heterocycles. The van der Waals surface area contributed by atoms with E-state index in [0.29, 0.717) is 6.54 Å². The summed E-state index contributed by atoms with van der Waals surface area (Å²) in [6.45, 7) is 1.40. The lowest BCUT2D eigenvalue weighted by Gasteiger charge is -2.23. The summed E-state index contributed by atoms with van der Waals surface area (Å²) in [5.41, 5.74) is 0.392. The van der Waals surface area contributed by atoms with Crippen LogP contribution in [0.3, 0.4) is 0 Å². The summed E-state index contributed by atoms with van der Waals surface area (Å²) in [6.07, 6.45) is 0.751. The molecule has 0 saturated carbocycles. The molecule has 126 valence electrons. The van der Waals surface area contributed by atoms with Gasteiger partial charge in [-0.05, 0) is 31.2 Å². The number of benzene rings is 1. The van der Waals surface area contributed by atoms with Crippen LogP contribution in [0.15, 0.2) is 23.1 Å². The zero-order valence-electron chi connectivity index (χ0n) is 12.8. The highest BCUT2D eigenvalue weighted by Gasteiger charge is 2.36. The minimum atomic E-state index is -3.69. The van der Waals surface area contributed by atoms with Gasteiger partial charge in [0.05, 0.1) is 16.0 Å². The van der Waals surface area contributed by atoms with Gasteiger partial charge in [-0.2, -0.15) is 4.31 Å². The van der Waals surface area contributed by atoms with Crippen LogP contribution < -0.4 is 5.32 Å². The standard InChI is InChI=1S/C14H17N3O4S.ClH/c1-16-13(18)11-4-3-10(7-12(11)14(16)19)22(20,21)17(2)9-5-6-15-8-9;/h3-4,7,9,15H,5-6,8H2,1-2H3;1H. The summed E-state index contributed by atoms with van der Waals surface area (Å²) in [5.74, 6) is -0.875. The average molecular weight is 360 g/mol. The molecule has 2 aliphatic rings. The van der Waals surface area contributed by atoms with Gasteiger partial charge in [0, 0.05) is 26.7 Å². The number of hydrogen-bond acceptors (Lipinski definition) is 5. The fraction of sp³-hybridized carbons (Fsp3) is 0.429. The van der Waals surface area contributed by atoms with Crippen molar-refractivity contribution in [1.82, 2.24) is 14.5 Å². The van der Waals surface area contributed by atoms with Gasteiger partial charge in [0.25, 0.3) is 11.8 Å². The second-order valence-corrected chi connectivity index (χ2v) is 7.54. The number of rotatable bonds is 3. The number of carbonyl (C=O) groups excluding carboxylic acids is 2. The van der Waals surface area contributed by atoms with Crippen LogP contribution in [-0.4, -0.2) is 62.7 Å². The second kappa shape index (κ2) is 6.20. The molecule has 1 fully saturated rings. The van der Waals surface area contributed by atoms with Crippen LogP contribution in [0.2, 0.25) is 0 Å². The maximum absolute atomic E-state index is 12.7. The van der Waals surface area contributed by atoms with Crippen LogP contribution in [0.1, 0.15) is 27.1 Å². The monoisotopic (exact) mass is 359 g/mol. The highest BCUT2D eigenvalue weighted by Crippen LogP contribution is 2.27. The van der Waals surface area contributed by atoms with E-state index in [1.54, 1.807) is 7.05 Å². The number of imide groups is 1. The predicted octanol–water partition coefficient (Wildman–Crippen LogP) is 0.317. The van der Waals surface area contributed by atoms with E-state index in [0.717, 1.165) is 17.9 Å². The molecule has 2 aliphatic heterocycles. The van der Waals surface area contributed by atoms with Gasteiger partial charge < -0.3 is 5.32 Å². The van der Waals surface area contributed by atoms with Crippen LogP contribution in [-0.2, 0) is 10.0 Å². The van der Waals surface area contributed by atoms with Crippen LogP contribution in [0, 0.1) is 0 Å². The molecule has 3 rings (SSSR count). The van der Waals surface area contributed by atoms with Crippen molar-refractivity contribution in [1.29, 1.82) is 0 Å². The first-order valence-electron chi connectivity index (χ1n) is 6.99. The first-order valence-corrected chi connectivity index (χ1v) is 8.43. The van der Waals surface area contributed by atoms with Crippen molar-refractivity contribution in [3.05, 3.63) is 29.3 Å². The molecular weight excluding hydrogens is 342 g/mol. The molecule has 1 aromatic rings. The molecule has 0 radical (unpaired) electrons. The Kier molecular flexibility index (Phi) is 4.81. The van der Waals surface area contributed by atoms with Gasteiger partial charge >= 0.3 is 0 Å². The fourth-order valence-electron chi connectivity index (χ4n) is 2.81. The molecule has 23 heavy (non-hydrogen) atoms. The third kappa shape index (κ3) is 2.76. The second-order valence-electron chi connectivity index (χ2n) is 5.54. The first kappa shape index (κ1) is 17.9. The van der Waals surface area contributed by atoms with Crippen molar-refractivity contribution in [2.45, 2.75) is 17.4 Å². The largest absolute Gasteiger partial charge is 0.315 e. The Bertz CT molecular complexity index is 759. The molecule has 1 atom stereocenters. The van der Waals surface area contributed by atoms with Crippen molar-refractivity contribution >= 4 is 34.2 Å². The topological polar surface area (TPSA) is 86.8 Å². The van der Waals surface area contributed by atoms with E-state index in [1.165, 1.54) is 29.6 Å². The van der Waals surface area contributed by atoms with Crippen molar-refractivity contribution in [3.8, 4) is 0 Å². The van der Waals surface area contributed by atoms with Crippen LogP contribution in [0.4, 0.5) is 0 Å². The van der Waals surface area contributed by atoms with Crippen molar-refractivity contribution in [2.24, 2.45) is 0 Å². The number of halogens is 1. The summed E-state index contributed by atoms with van der Waals surface area (Å²) in [5, 5.41) is 3.13. The Labute approximate surface area is 141 Å². The molecule has 1 N–H and O–H groups in total. The Morgan fingerprint density at radius 3 is 2.48 bits per heavy atom. The van der Waals surface area contributed by atoms with Gasteiger partial charge in [-0.15, -0.1) is 12.4 Å². The van der Waals surface area contributed by atoms with Crippen molar-refractivity contribution in [2.75, 3.05) is 27.2 Å². The van der Waals surface area contributed by atoms with E-state index in [2.05, 4.69) is 5.32 Å². The third-order valence-corrected chi connectivity index (χ3v) is 6.19. The van der Waals surface area contributed by atoms with Crippen molar-refractivity contribution < 1.29 is 18.0 Å². The maximum atomic E-state index is 12.7. The number of nitrogens with one attached hydrogen (secondary N) is 1. The first-order chi connectivity index (χ1) is 10.3. The number of likely N-dealkylation sites (N-methyl/N-ethyl adjacent to an activating group) is 1. The Morgan fingerprint density at radius 1 is 1.22 bits per heavy atom. The Balaban J connectivity index is 0.00000192. The van der Waals surface area contributed by atoms with E-state index in [9.17, 15) is 18.0 Å².